The van der Waals surface area contributed by atoms with Crippen LogP contribution in [0.15, 0.2) is 0 Å². The van der Waals surface area contributed by atoms with Gasteiger partial charge in [-0.15, -0.1) is 0 Å². The third kappa shape index (κ3) is 46.4. The van der Waals surface area contributed by atoms with E-state index >= 15 is 0 Å². The van der Waals surface area contributed by atoms with E-state index in [0.717, 1.165) is 89.9 Å². The smallest absolute Gasteiger partial charge is 0.0654 e. The minimum atomic E-state index is -5.57. The third-order valence-electron chi connectivity index (χ3n) is 14.9. The Morgan fingerprint density at radius 2 is 0.417 bits per heavy atom. The molecule has 0 saturated heterocycles. The van der Waals surface area contributed by atoms with Gasteiger partial charge in [0.15, 0.2) is 0 Å². The first-order valence-electron chi connectivity index (χ1n) is 31.9. The number of hydrogen-bond acceptors (Lipinski definition) is 9. The fourth-order valence-electron chi connectivity index (χ4n) is 9.95. The number of carbonyl (C=O) groups is 3. The van der Waals surface area contributed by atoms with Gasteiger partial charge in [-0.1, -0.05) is 136 Å². The SMILES string of the molecule is CCCCCCCCCCCCCCCCC(O)C(=O)[O][Sn]([CH2]CCCCCCC)([O]C(=O)C(O)CCCCCCCCCCCCCCCC)[O]C(=O)C(O)CCCCCCCCCCCCCCCC. The molecule has 0 radical (unpaired) electrons. The van der Waals surface area contributed by atoms with Crippen LogP contribution >= 0.6 is 0 Å². The normalized spacial score (nSPS) is 13.7. The van der Waals surface area contributed by atoms with Crippen molar-refractivity contribution in [2.75, 3.05) is 0 Å². The molecule has 0 aromatic heterocycles. The zero-order valence-electron chi connectivity index (χ0n) is 48.3. The molecule has 9 nitrogen and oxygen atoms in total. The summed E-state index contributed by atoms with van der Waals surface area (Å²) in [6.07, 6.45) is 51.9. The number of carbonyl (C=O) groups excluding carboxylic acids is 3. The molecule has 0 aliphatic rings. The summed E-state index contributed by atoms with van der Waals surface area (Å²) in [7, 11) is 0. The molecule has 0 aromatic rings. The molecule has 3 atom stereocenters. The molecular weight excluding hydrogens is 1010 g/mol. The first-order chi connectivity index (χ1) is 35.2. The summed E-state index contributed by atoms with van der Waals surface area (Å²) in [5.41, 5.74) is 0. The molecule has 428 valence electrons. The zero-order chi connectivity index (χ0) is 52.9. The predicted molar refractivity (Wildman–Crippen MR) is 305 cm³/mol. The Kier molecular flexibility index (Phi) is 54.2. The average molecular weight is 1130 g/mol. The van der Waals surface area contributed by atoms with E-state index in [0.29, 0.717) is 25.7 Å². The number of aliphatic hydroxyl groups is 3. The quantitative estimate of drug-likeness (QED) is 0.0401. The molecule has 3 N–H and O–H groups in total. The summed E-state index contributed by atoms with van der Waals surface area (Å²) in [5.74, 6) is -2.85. The van der Waals surface area contributed by atoms with Gasteiger partial charge in [0.1, 0.15) is 0 Å². The molecule has 0 fully saturated rings. The number of aliphatic hydroxyl groups excluding tert-OH is 3. The Labute approximate surface area is 451 Å². The van der Waals surface area contributed by atoms with Gasteiger partial charge >= 0.3 is 318 Å². The molecule has 0 bridgehead atoms. The standard InChI is InChI=1S/3C18H36O3.C8H17.Sn/c3*1-2-3-4-5-6-7-8-9-10-11-12-13-14-15-16-17(19)18(20)21;1-3-5-7-8-6-4-2;/h3*17,19H,2-16H2,1H3,(H,20,21);1,3-8H2,2H3;/q;;;;+3/p-3. The Hall–Kier alpha value is -0.911. The fourth-order valence-corrected chi connectivity index (χ4v) is 16.9. The van der Waals surface area contributed by atoms with Crippen molar-refractivity contribution in [3.8, 4) is 0 Å². The van der Waals surface area contributed by atoms with E-state index in [1.807, 2.05) is 0 Å². The predicted octanol–water partition coefficient (Wildman–Crippen LogP) is 18.6. The van der Waals surface area contributed by atoms with Gasteiger partial charge in [-0.2, -0.15) is 0 Å². The zero-order valence-corrected chi connectivity index (χ0v) is 51.1. The van der Waals surface area contributed by atoms with Crippen LogP contribution in [0.5, 0.6) is 0 Å². The molecule has 0 rings (SSSR count). The van der Waals surface area contributed by atoms with Gasteiger partial charge in [0.2, 0.25) is 0 Å². The van der Waals surface area contributed by atoms with Crippen molar-refractivity contribution < 1.29 is 38.9 Å². The molecule has 72 heavy (non-hydrogen) atoms. The van der Waals surface area contributed by atoms with Crippen molar-refractivity contribution in [2.45, 2.75) is 378 Å². The number of hydrogen-bond donors (Lipinski definition) is 3. The van der Waals surface area contributed by atoms with Crippen LogP contribution in [0.2, 0.25) is 4.44 Å². The Balaban J connectivity index is 5.41. The van der Waals surface area contributed by atoms with E-state index in [9.17, 15) is 29.7 Å². The van der Waals surface area contributed by atoms with Crippen LogP contribution < -0.4 is 0 Å². The summed E-state index contributed by atoms with van der Waals surface area (Å²) < 4.78 is 18.1. The Bertz CT molecular complexity index is 1040. The second-order valence-corrected chi connectivity index (χ2v) is 29.2. The summed E-state index contributed by atoms with van der Waals surface area (Å²) in [4.78, 5) is 41.1. The van der Waals surface area contributed by atoms with Crippen LogP contribution in [-0.2, 0) is 23.6 Å². The van der Waals surface area contributed by atoms with E-state index < -0.39 is 55.8 Å². The van der Waals surface area contributed by atoms with Crippen molar-refractivity contribution in [3.63, 3.8) is 0 Å². The van der Waals surface area contributed by atoms with Crippen LogP contribution in [0.1, 0.15) is 355 Å². The van der Waals surface area contributed by atoms with E-state index in [2.05, 4.69) is 27.7 Å². The minimum absolute atomic E-state index is 0.0484. The monoisotopic (exact) mass is 1130 g/mol. The van der Waals surface area contributed by atoms with E-state index in [4.69, 9.17) is 9.22 Å². The second-order valence-electron chi connectivity index (χ2n) is 22.2. The molecule has 0 amide bonds. The molecule has 0 aromatic carbocycles. The Morgan fingerprint density at radius 1 is 0.264 bits per heavy atom. The summed E-state index contributed by atoms with van der Waals surface area (Å²) in [5, 5.41) is 33.3. The van der Waals surface area contributed by atoms with Crippen molar-refractivity contribution in [1.29, 1.82) is 0 Å². The van der Waals surface area contributed by atoms with Crippen molar-refractivity contribution >= 4 is 37.5 Å². The third-order valence-corrected chi connectivity index (χ3v) is 22.1. The topological polar surface area (TPSA) is 140 Å². The first-order valence-corrected chi connectivity index (χ1v) is 37.4. The van der Waals surface area contributed by atoms with Crippen LogP contribution in [-0.4, -0.2) is 71.2 Å². The second kappa shape index (κ2) is 54.9. The van der Waals surface area contributed by atoms with E-state index in [1.54, 1.807) is 0 Å². The van der Waals surface area contributed by atoms with Gasteiger partial charge in [-0.25, -0.2) is 0 Å². The van der Waals surface area contributed by atoms with Crippen molar-refractivity contribution in [1.82, 2.24) is 0 Å². The molecule has 0 heterocycles. The van der Waals surface area contributed by atoms with Gasteiger partial charge in [0.25, 0.3) is 0 Å². The average Bonchev–Trinajstić information content (AvgIpc) is 3.37. The molecule has 0 saturated carbocycles. The number of rotatable bonds is 58. The maximum atomic E-state index is 13.7. The molecule has 10 heteroatoms. The molecular formula is C62H122O9Sn. The van der Waals surface area contributed by atoms with Gasteiger partial charge in [-0.05, 0) is 0 Å². The fraction of sp³-hybridized carbons (Fsp3) is 0.952. The van der Waals surface area contributed by atoms with Crippen LogP contribution in [0.4, 0.5) is 0 Å². The summed E-state index contributed by atoms with van der Waals surface area (Å²) in [6.45, 7) is 8.92. The van der Waals surface area contributed by atoms with Crippen molar-refractivity contribution in [3.05, 3.63) is 0 Å². The van der Waals surface area contributed by atoms with Crippen molar-refractivity contribution in [2.24, 2.45) is 0 Å². The summed E-state index contributed by atoms with van der Waals surface area (Å²) in [6, 6.07) is 0. The van der Waals surface area contributed by atoms with E-state index in [1.165, 1.54) is 193 Å². The molecule has 3 unspecified atom stereocenters. The molecule has 0 aliphatic heterocycles. The van der Waals surface area contributed by atoms with Gasteiger partial charge in [0.05, 0.1) is 0 Å². The molecule has 0 spiro atoms. The van der Waals surface area contributed by atoms with Crippen LogP contribution in [0.3, 0.4) is 0 Å². The van der Waals surface area contributed by atoms with E-state index in [-0.39, 0.29) is 23.7 Å². The Morgan fingerprint density at radius 3 is 0.597 bits per heavy atom. The molecule has 0 aliphatic carbocycles. The van der Waals surface area contributed by atoms with Crippen LogP contribution in [0.25, 0.3) is 0 Å². The van der Waals surface area contributed by atoms with Gasteiger partial charge in [0, 0.05) is 0 Å². The first kappa shape index (κ1) is 71.1. The van der Waals surface area contributed by atoms with Crippen LogP contribution in [0, 0.1) is 0 Å². The minimum Gasteiger partial charge on any atom is -0.0654 e. The maximum absolute atomic E-state index is 13.7. The van der Waals surface area contributed by atoms with Gasteiger partial charge in [-0.3, -0.25) is 0 Å². The summed E-state index contributed by atoms with van der Waals surface area (Å²) >= 11 is -5.57. The number of unbranched alkanes of at least 4 members (excludes halogenated alkanes) is 44. The van der Waals surface area contributed by atoms with Gasteiger partial charge < -0.3 is 0 Å².